The van der Waals surface area contributed by atoms with E-state index in [0.717, 1.165) is 6.42 Å². The van der Waals surface area contributed by atoms with Crippen molar-refractivity contribution in [1.82, 2.24) is 9.71 Å². The Morgan fingerprint density at radius 1 is 1.29 bits per heavy atom. The van der Waals surface area contributed by atoms with Crippen LogP contribution in [0.3, 0.4) is 0 Å². The van der Waals surface area contributed by atoms with Gasteiger partial charge < -0.3 is 15.0 Å². The molecule has 1 aliphatic rings. The molecule has 0 aliphatic carbocycles. The average molecular weight is 469 g/mol. The Morgan fingerprint density at radius 3 is 2.79 bits per heavy atom. The van der Waals surface area contributed by atoms with Crippen molar-refractivity contribution < 1.29 is 22.7 Å². The van der Waals surface area contributed by atoms with Gasteiger partial charge in [-0.1, -0.05) is 6.07 Å². The van der Waals surface area contributed by atoms with Crippen molar-refractivity contribution in [3.8, 4) is 0 Å². The Kier molecular flexibility index (Phi) is 6.15. The highest BCUT2D eigenvalue weighted by Crippen LogP contribution is 2.17. The number of nitrogens with one attached hydrogen (secondary N) is 3. The van der Waals surface area contributed by atoms with E-state index in [-0.39, 0.29) is 16.3 Å². The zero-order valence-electron chi connectivity index (χ0n) is 14.6. The van der Waals surface area contributed by atoms with E-state index >= 15 is 0 Å². The van der Waals surface area contributed by atoms with Crippen molar-refractivity contribution in [2.75, 3.05) is 18.5 Å². The van der Waals surface area contributed by atoms with Gasteiger partial charge in [-0.3, -0.25) is 14.5 Å². The number of halogens is 1. The molecular weight excluding hydrogens is 452 g/mol. The molecule has 1 amide bonds. The normalized spacial score (nSPS) is 13.7. The number of nitrogens with zero attached hydrogens (tertiary/aromatic N) is 1. The highest BCUT2D eigenvalue weighted by Gasteiger charge is 2.19. The number of hydrogen-bond acceptors (Lipinski definition) is 6. The van der Waals surface area contributed by atoms with Gasteiger partial charge in [-0.2, -0.15) is 0 Å². The van der Waals surface area contributed by atoms with Crippen molar-refractivity contribution in [3.05, 3.63) is 46.7 Å². The SMILES string of the molecule is O=C(COC(=O)c1cc(Br)c[nH]1)Nc1cccc(S(=O)(=O)NC2=NCCC2)c1. The maximum Gasteiger partial charge on any atom is 0.355 e. The molecule has 0 radical (unpaired) electrons. The summed E-state index contributed by atoms with van der Waals surface area (Å²) in [6.07, 6.45) is 2.96. The molecule has 148 valence electrons. The van der Waals surface area contributed by atoms with Gasteiger partial charge >= 0.3 is 5.97 Å². The molecule has 9 nitrogen and oxygen atoms in total. The summed E-state index contributed by atoms with van der Waals surface area (Å²) >= 11 is 3.19. The number of esters is 1. The Labute approximate surface area is 169 Å². The monoisotopic (exact) mass is 468 g/mol. The molecule has 0 spiro atoms. The van der Waals surface area contributed by atoms with Crippen molar-refractivity contribution in [1.29, 1.82) is 0 Å². The fraction of sp³-hybridized carbons (Fsp3) is 0.235. The molecule has 3 N–H and O–H groups in total. The minimum atomic E-state index is -3.79. The molecule has 3 rings (SSSR count). The first-order valence-electron chi connectivity index (χ1n) is 8.30. The van der Waals surface area contributed by atoms with E-state index in [0.29, 0.717) is 23.3 Å². The van der Waals surface area contributed by atoms with Crippen molar-refractivity contribution in [2.45, 2.75) is 17.7 Å². The Morgan fingerprint density at radius 2 is 2.11 bits per heavy atom. The standard InChI is InChI=1S/C17H17BrN4O5S/c18-11-7-14(20-9-11)17(24)27-10-16(23)21-12-3-1-4-13(8-12)28(25,26)22-15-5-2-6-19-15/h1,3-4,7-9,20H,2,5-6,10H2,(H,19,22)(H,21,23). The summed E-state index contributed by atoms with van der Waals surface area (Å²) in [7, 11) is -3.79. The third kappa shape index (κ3) is 5.20. The number of hydrogen-bond donors (Lipinski definition) is 3. The topological polar surface area (TPSA) is 130 Å². The molecule has 0 saturated heterocycles. The Hall–Kier alpha value is -2.66. The quantitative estimate of drug-likeness (QED) is 0.558. The molecule has 1 aliphatic heterocycles. The molecule has 0 bridgehead atoms. The number of aromatic amines is 1. The lowest BCUT2D eigenvalue weighted by Crippen LogP contribution is -2.29. The van der Waals surface area contributed by atoms with Gasteiger partial charge in [0.15, 0.2) is 6.61 Å². The van der Waals surface area contributed by atoms with Crippen LogP contribution in [-0.2, 0) is 19.6 Å². The summed E-state index contributed by atoms with van der Waals surface area (Å²) in [6.45, 7) is 0.0909. The number of anilines is 1. The molecule has 2 aromatic rings. The van der Waals surface area contributed by atoms with Crippen LogP contribution in [0.15, 0.2) is 50.9 Å². The van der Waals surface area contributed by atoms with Gasteiger partial charge in [0.25, 0.3) is 15.9 Å². The number of amides is 1. The summed E-state index contributed by atoms with van der Waals surface area (Å²) in [5, 5.41) is 2.50. The van der Waals surface area contributed by atoms with Crippen LogP contribution >= 0.6 is 15.9 Å². The average Bonchev–Trinajstić information content (AvgIpc) is 3.31. The zero-order chi connectivity index (χ0) is 20.1. The first kappa shape index (κ1) is 20.1. The van der Waals surface area contributed by atoms with Gasteiger partial charge in [0, 0.05) is 29.3 Å². The van der Waals surface area contributed by atoms with E-state index < -0.39 is 28.5 Å². The predicted molar refractivity (Wildman–Crippen MR) is 106 cm³/mol. The molecule has 1 aromatic carbocycles. The number of aromatic nitrogens is 1. The van der Waals surface area contributed by atoms with E-state index in [9.17, 15) is 18.0 Å². The highest BCUT2D eigenvalue weighted by molar-refractivity contribution is 9.10. The second kappa shape index (κ2) is 8.57. The van der Waals surface area contributed by atoms with Gasteiger partial charge in [0.2, 0.25) is 0 Å². The number of carbonyl (C=O) groups excluding carboxylic acids is 2. The van der Waals surface area contributed by atoms with Crippen LogP contribution in [0.25, 0.3) is 0 Å². The van der Waals surface area contributed by atoms with Crippen molar-refractivity contribution in [2.24, 2.45) is 4.99 Å². The molecular formula is C17H17BrN4O5S. The number of rotatable bonds is 6. The maximum atomic E-state index is 12.4. The molecule has 1 aromatic heterocycles. The summed E-state index contributed by atoms with van der Waals surface area (Å²) in [6, 6.07) is 7.30. The second-order valence-electron chi connectivity index (χ2n) is 5.92. The largest absolute Gasteiger partial charge is 0.451 e. The molecule has 11 heteroatoms. The second-order valence-corrected chi connectivity index (χ2v) is 8.52. The maximum absolute atomic E-state index is 12.4. The zero-order valence-corrected chi connectivity index (χ0v) is 17.0. The number of ether oxygens (including phenoxy) is 1. The number of carbonyl (C=O) groups is 2. The van der Waals surface area contributed by atoms with E-state index in [4.69, 9.17) is 4.74 Å². The number of amidine groups is 1. The highest BCUT2D eigenvalue weighted by atomic mass is 79.9. The summed E-state index contributed by atoms with van der Waals surface area (Å²) < 4.78 is 32.9. The first-order chi connectivity index (χ1) is 13.3. The predicted octanol–water partition coefficient (Wildman–Crippen LogP) is 2.04. The molecule has 0 atom stereocenters. The Balaban J connectivity index is 1.59. The number of aliphatic imine (C=N–C) groups is 1. The number of H-pyrrole nitrogens is 1. The first-order valence-corrected chi connectivity index (χ1v) is 10.6. The number of sulfonamides is 1. The molecule has 0 unspecified atom stereocenters. The van der Waals surface area contributed by atoms with Crippen molar-refractivity contribution >= 4 is 49.4 Å². The molecule has 0 saturated carbocycles. The Bertz CT molecular complexity index is 1030. The van der Waals surface area contributed by atoms with Crippen LogP contribution in [-0.4, -0.2) is 44.3 Å². The van der Waals surface area contributed by atoms with Gasteiger partial charge in [-0.25, -0.2) is 13.2 Å². The van der Waals surface area contributed by atoms with Gasteiger partial charge in [-0.15, -0.1) is 0 Å². The van der Waals surface area contributed by atoms with E-state index in [1.165, 1.54) is 30.3 Å². The van der Waals surface area contributed by atoms with Gasteiger partial charge in [0.1, 0.15) is 11.5 Å². The molecule has 2 heterocycles. The summed E-state index contributed by atoms with van der Waals surface area (Å²) in [4.78, 5) is 30.6. The fourth-order valence-corrected chi connectivity index (χ4v) is 3.95. The van der Waals surface area contributed by atoms with Gasteiger partial charge in [0.05, 0.1) is 4.90 Å². The minimum Gasteiger partial charge on any atom is -0.451 e. The lowest BCUT2D eigenvalue weighted by Gasteiger charge is -2.10. The fourth-order valence-electron chi connectivity index (χ4n) is 2.47. The van der Waals surface area contributed by atoms with Crippen LogP contribution < -0.4 is 10.0 Å². The third-order valence-corrected chi connectivity index (χ3v) is 5.59. The minimum absolute atomic E-state index is 0.00636. The number of benzene rings is 1. The van der Waals surface area contributed by atoms with E-state index in [1.807, 2.05) is 0 Å². The molecule has 28 heavy (non-hydrogen) atoms. The van der Waals surface area contributed by atoms with E-state index in [2.05, 4.69) is 35.9 Å². The van der Waals surface area contributed by atoms with E-state index in [1.54, 1.807) is 6.20 Å². The van der Waals surface area contributed by atoms with Crippen LogP contribution in [0.2, 0.25) is 0 Å². The molecule has 0 fully saturated rings. The van der Waals surface area contributed by atoms with Gasteiger partial charge in [-0.05, 0) is 46.6 Å². The lowest BCUT2D eigenvalue weighted by atomic mass is 10.3. The summed E-state index contributed by atoms with van der Waals surface area (Å²) in [5.41, 5.74) is 0.466. The lowest BCUT2D eigenvalue weighted by molar-refractivity contribution is -0.119. The van der Waals surface area contributed by atoms with Crippen LogP contribution in [0.5, 0.6) is 0 Å². The third-order valence-electron chi connectivity index (χ3n) is 3.76. The smallest absolute Gasteiger partial charge is 0.355 e. The van der Waals surface area contributed by atoms with Crippen LogP contribution in [0.4, 0.5) is 5.69 Å². The summed E-state index contributed by atoms with van der Waals surface area (Å²) in [5.74, 6) is -0.849. The van der Waals surface area contributed by atoms with Crippen LogP contribution in [0.1, 0.15) is 23.3 Å². The van der Waals surface area contributed by atoms with Crippen LogP contribution in [0, 0.1) is 0 Å². The van der Waals surface area contributed by atoms with Crippen molar-refractivity contribution in [3.63, 3.8) is 0 Å².